The zero-order valence-corrected chi connectivity index (χ0v) is 15.6. The molecule has 0 radical (unpaired) electrons. The highest BCUT2D eigenvalue weighted by molar-refractivity contribution is 5.85. The Labute approximate surface area is 166 Å². The van der Waals surface area contributed by atoms with Gasteiger partial charge in [-0.1, -0.05) is 12.1 Å². The zero-order chi connectivity index (χ0) is 18.8. The van der Waals surface area contributed by atoms with E-state index in [4.69, 9.17) is 14.3 Å². The Morgan fingerprint density at radius 1 is 0.857 bits per heavy atom. The maximum absolute atomic E-state index is 13.1. The van der Waals surface area contributed by atoms with Gasteiger partial charge >= 0.3 is 6.09 Å². The van der Waals surface area contributed by atoms with Crippen LogP contribution in [0.5, 0.6) is 11.5 Å². The van der Waals surface area contributed by atoms with Crippen LogP contribution >= 0.6 is 12.4 Å². The van der Waals surface area contributed by atoms with E-state index in [9.17, 15) is 13.6 Å². The first kappa shape index (κ1) is 20.2. The van der Waals surface area contributed by atoms with Gasteiger partial charge in [-0.15, -0.1) is 17.5 Å². The molecule has 2 fully saturated rings. The van der Waals surface area contributed by atoms with Gasteiger partial charge in [-0.05, 0) is 24.3 Å². The number of nitrogens with zero attached hydrogens (tertiary/aromatic N) is 2. The molecule has 28 heavy (non-hydrogen) atoms. The molecule has 0 atom stereocenters. The van der Waals surface area contributed by atoms with E-state index in [0.29, 0.717) is 37.7 Å². The van der Waals surface area contributed by atoms with E-state index >= 15 is 0 Å². The van der Waals surface area contributed by atoms with Crippen LogP contribution in [-0.4, -0.2) is 54.4 Å². The molecule has 150 valence electrons. The quantitative estimate of drug-likeness (QED) is 0.754. The summed E-state index contributed by atoms with van der Waals surface area (Å²) in [6.07, 6.45) is -0.793. The van der Waals surface area contributed by atoms with Crippen molar-refractivity contribution in [2.45, 2.75) is 12.2 Å². The molecule has 4 rings (SSSR count). The van der Waals surface area contributed by atoms with Gasteiger partial charge in [0.25, 0.3) is 0 Å². The summed E-state index contributed by atoms with van der Waals surface area (Å²) in [5, 5.41) is 1.49. The number of benzene rings is 2. The monoisotopic (exact) mass is 412 g/mol. The second-order valence-corrected chi connectivity index (χ2v) is 6.50. The number of hydrogen-bond acceptors (Lipinski definition) is 5. The van der Waals surface area contributed by atoms with Gasteiger partial charge in [-0.2, -0.15) is 0 Å². The van der Waals surface area contributed by atoms with Crippen LogP contribution < -0.4 is 9.47 Å². The Morgan fingerprint density at radius 2 is 1.36 bits per heavy atom. The van der Waals surface area contributed by atoms with Crippen molar-refractivity contribution in [2.75, 3.05) is 26.2 Å². The fraction of sp³-hybridized carbons (Fsp3) is 0.316. The summed E-state index contributed by atoms with van der Waals surface area (Å²) in [5.41, 5.74) is 0. The third-order valence-corrected chi connectivity index (χ3v) is 4.33. The van der Waals surface area contributed by atoms with E-state index in [-0.39, 0.29) is 36.2 Å². The number of carbonyl (C=O) groups is 1. The maximum atomic E-state index is 13.1. The summed E-state index contributed by atoms with van der Waals surface area (Å²) < 4.78 is 37.4. The van der Waals surface area contributed by atoms with Crippen molar-refractivity contribution in [1.29, 1.82) is 0 Å². The molecule has 2 saturated heterocycles. The molecule has 0 unspecified atom stereocenters. The molecule has 2 aliphatic heterocycles. The topological polar surface area (TPSA) is 51.2 Å². The number of hydrogen-bond donors (Lipinski definition) is 0. The zero-order valence-electron chi connectivity index (χ0n) is 14.8. The van der Waals surface area contributed by atoms with E-state index in [1.165, 1.54) is 34.2 Å². The second-order valence-electron chi connectivity index (χ2n) is 6.50. The molecule has 2 aliphatic rings. The predicted molar refractivity (Wildman–Crippen MR) is 98.5 cm³/mol. The van der Waals surface area contributed by atoms with E-state index in [1.807, 2.05) is 0 Å². The van der Waals surface area contributed by atoms with Crippen LogP contribution in [-0.2, 0) is 4.84 Å². The van der Waals surface area contributed by atoms with Crippen molar-refractivity contribution in [3.8, 4) is 11.5 Å². The summed E-state index contributed by atoms with van der Waals surface area (Å²) in [6, 6.07) is 11.8. The summed E-state index contributed by atoms with van der Waals surface area (Å²) >= 11 is 0. The van der Waals surface area contributed by atoms with Gasteiger partial charge in [0.05, 0.1) is 26.2 Å². The molecule has 1 amide bonds. The van der Waals surface area contributed by atoms with Crippen LogP contribution in [0.3, 0.4) is 0 Å². The molecule has 0 aromatic heterocycles. The normalized spacial score (nSPS) is 17.1. The highest BCUT2D eigenvalue weighted by Crippen LogP contribution is 2.22. The van der Waals surface area contributed by atoms with Crippen molar-refractivity contribution in [3.05, 3.63) is 60.2 Å². The Morgan fingerprint density at radius 3 is 1.86 bits per heavy atom. The molecule has 6 nitrogen and oxygen atoms in total. The third-order valence-electron chi connectivity index (χ3n) is 4.33. The molecule has 0 bridgehead atoms. The molecule has 0 saturated carbocycles. The molecule has 0 spiro atoms. The van der Waals surface area contributed by atoms with Gasteiger partial charge in [0.15, 0.2) is 0 Å². The van der Waals surface area contributed by atoms with E-state index in [1.54, 1.807) is 24.3 Å². The molecule has 0 aliphatic carbocycles. The molecule has 0 N–H and O–H groups in total. The molecule has 2 aromatic carbocycles. The number of hydroxylamine groups is 2. The largest absolute Gasteiger partial charge is 0.487 e. The average Bonchev–Trinajstić information content (AvgIpc) is 2.56. The van der Waals surface area contributed by atoms with Crippen LogP contribution in [0.2, 0.25) is 0 Å². The lowest BCUT2D eigenvalue weighted by molar-refractivity contribution is -0.195. The molecule has 9 heteroatoms. The summed E-state index contributed by atoms with van der Waals surface area (Å²) in [6.45, 7) is 1.59. The van der Waals surface area contributed by atoms with E-state index in [0.717, 1.165) is 0 Å². The van der Waals surface area contributed by atoms with Crippen LogP contribution in [0.1, 0.15) is 0 Å². The second kappa shape index (κ2) is 8.62. The van der Waals surface area contributed by atoms with Crippen molar-refractivity contribution in [3.63, 3.8) is 0 Å². The van der Waals surface area contributed by atoms with E-state index < -0.39 is 6.09 Å². The molecule has 2 aromatic rings. The lowest BCUT2D eigenvalue weighted by Gasteiger charge is -2.41. The van der Waals surface area contributed by atoms with Gasteiger partial charge in [0.1, 0.15) is 35.3 Å². The van der Waals surface area contributed by atoms with Crippen LogP contribution in [0.15, 0.2) is 48.5 Å². The lowest BCUT2D eigenvalue weighted by atomic mass is 10.2. The predicted octanol–water partition coefficient (Wildman–Crippen LogP) is 3.26. The highest BCUT2D eigenvalue weighted by Gasteiger charge is 2.38. The number of likely N-dealkylation sites (tertiary alicyclic amines) is 1. The van der Waals surface area contributed by atoms with E-state index in [2.05, 4.69) is 0 Å². The average molecular weight is 413 g/mol. The Hall–Kier alpha value is -2.58. The first-order valence-electron chi connectivity index (χ1n) is 8.61. The Kier molecular flexibility index (Phi) is 6.21. The fourth-order valence-corrected chi connectivity index (χ4v) is 2.85. The summed E-state index contributed by atoms with van der Waals surface area (Å²) in [5.74, 6) is 0.165. The van der Waals surface area contributed by atoms with Gasteiger partial charge in [-0.3, -0.25) is 4.90 Å². The Bertz CT molecular complexity index is 829. The van der Waals surface area contributed by atoms with Crippen LogP contribution in [0.4, 0.5) is 13.6 Å². The SMILES string of the molecule is Cl.O=C(ON1CC(Oc2cccc(F)c2)C1)N1CC(Oc2cccc(F)c2)C1. The molecular formula is C19H19ClF2N2O4. The maximum Gasteiger partial charge on any atom is 0.429 e. The smallest absolute Gasteiger partial charge is 0.429 e. The number of carbonyl (C=O) groups excluding carboxylic acids is 1. The van der Waals surface area contributed by atoms with Gasteiger partial charge in [0.2, 0.25) is 0 Å². The molecule has 2 heterocycles. The first-order chi connectivity index (χ1) is 13.0. The van der Waals surface area contributed by atoms with Crippen LogP contribution in [0.25, 0.3) is 0 Å². The summed E-state index contributed by atoms with van der Waals surface area (Å²) in [7, 11) is 0. The Balaban J connectivity index is 0.00000225. The standard InChI is InChI=1S/C19H18F2N2O4.ClH/c20-13-3-1-5-15(7-13)25-17-9-22(10-17)19(24)27-23-11-18(12-23)26-16-6-2-4-14(21)8-16;/h1-8,17-18H,9-12H2;1H. The fourth-order valence-electron chi connectivity index (χ4n) is 2.85. The third kappa shape index (κ3) is 4.82. The van der Waals surface area contributed by atoms with Crippen LogP contribution in [0, 0.1) is 11.6 Å². The molecular weight excluding hydrogens is 394 g/mol. The minimum atomic E-state index is -0.460. The van der Waals surface area contributed by atoms with Gasteiger partial charge < -0.3 is 14.3 Å². The summed E-state index contributed by atoms with van der Waals surface area (Å²) in [4.78, 5) is 18.8. The van der Waals surface area contributed by atoms with Crippen molar-refractivity contribution in [2.24, 2.45) is 0 Å². The van der Waals surface area contributed by atoms with Gasteiger partial charge in [-0.25, -0.2) is 13.6 Å². The van der Waals surface area contributed by atoms with Crippen molar-refractivity contribution in [1.82, 2.24) is 9.96 Å². The highest BCUT2D eigenvalue weighted by atomic mass is 35.5. The minimum Gasteiger partial charge on any atom is -0.487 e. The van der Waals surface area contributed by atoms with Gasteiger partial charge in [0, 0.05) is 12.1 Å². The lowest BCUT2D eigenvalue weighted by Crippen LogP contribution is -2.60. The number of ether oxygens (including phenoxy) is 2. The number of halogens is 3. The number of rotatable bonds is 5. The van der Waals surface area contributed by atoms with Crippen molar-refractivity contribution < 1.29 is 27.9 Å². The number of amides is 1. The minimum absolute atomic E-state index is 0. The van der Waals surface area contributed by atoms with Crippen molar-refractivity contribution >= 4 is 18.5 Å². The first-order valence-corrected chi connectivity index (χ1v) is 8.61.